The number of likely N-dealkylation sites (N-methyl/N-ethyl adjacent to an activating group) is 1. The first-order valence-corrected chi connectivity index (χ1v) is 11.8. The number of carbonyl (C=O) groups is 1. The zero-order valence-corrected chi connectivity index (χ0v) is 19.3. The summed E-state index contributed by atoms with van der Waals surface area (Å²) in [6, 6.07) is 16.2. The number of hydrogen-bond donors (Lipinski definition) is 2. The van der Waals surface area contributed by atoms with Gasteiger partial charge in [0, 0.05) is 49.9 Å². The Kier molecular flexibility index (Phi) is 7.23. The van der Waals surface area contributed by atoms with Gasteiger partial charge in [0.25, 0.3) is 5.91 Å². The number of aliphatic hydroxyl groups is 1. The van der Waals surface area contributed by atoms with E-state index in [2.05, 4.69) is 51.4 Å². The molecule has 1 aromatic heterocycles. The second kappa shape index (κ2) is 10.1. The summed E-state index contributed by atoms with van der Waals surface area (Å²) in [6.07, 6.45) is 3.12. The van der Waals surface area contributed by atoms with Crippen LogP contribution in [0.2, 0.25) is 0 Å². The molecule has 3 atom stereocenters. The fourth-order valence-corrected chi connectivity index (χ4v) is 5.31. The monoisotopic (exact) mass is 436 g/mol. The normalized spacial score (nSPS) is 27.6. The van der Waals surface area contributed by atoms with Crippen molar-refractivity contribution >= 4 is 5.91 Å². The number of hydrogen-bond acceptors (Lipinski definition) is 5. The molecule has 1 saturated carbocycles. The Morgan fingerprint density at radius 1 is 1.06 bits per heavy atom. The first kappa shape index (κ1) is 22.9. The van der Waals surface area contributed by atoms with Crippen LogP contribution in [0.5, 0.6) is 0 Å². The maximum absolute atomic E-state index is 12.9. The molecule has 2 heterocycles. The van der Waals surface area contributed by atoms with Gasteiger partial charge in [0.2, 0.25) is 0 Å². The van der Waals surface area contributed by atoms with Crippen LogP contribution < -0.4 is 5.32 Å². The predicted molar refractivity (Wildman–Crippen MR) is 127 cm³/mol. The van der Waals surface area contributed by atoms with E-state index in [0.29, 0.717) is 12.2 Å². The standard InChI is InChI=1S/C26H36N4O2/c1-20-7-6-10-22(28-20)25(32)27-19-26(21-8-4-3-5-9-21)13-11-23(24(31)12-14-26)30-17-15-29(2)16-18-30/h3-10,23-24,31H,11-19H2,1-2H3,(H,27,32)/t23-,24-,26-/m0/s1. The van der Waals surface area contributed by atoms with E-state index < -0.39 is 0 Å². The third-order valence-corrected chi connectivity index (χ3v) is 7.38. The van der Waals surface area contributed by atoms with Crippen LogP contribution in [0.3, 0.4) is 0 Å². The number of amides is 1. The molecule has 1 aromatic carbocycles. The molecule has 2 fully saturated rings. The van der Waals surface area contributed by atoms with Crippen molar-refractivity contribution in [1.82, 2.24) is 20.1 Å². The molecule has 0 bridgehead atoms. The van der Waals surface area contributed by atoms with Crippen LogP contribution in [0.15, 0.2) is 48.5 Å². The lowest BCUT2D eigenvalue weighted by molar-refractivity contribution is 0.0200. The van der Waals surface area contributed by atoms with Crippen LogP contribution >= 0.6 is 0 Å². The highest BCUT2D eigenvalue weighted by atomic mass is 16.3. The third-order valence-electron chi connectivity index (χ3n) is 7.38. The lowest BCUT2D eigenvalue weighted by Crippen LogP contribution is -2.52. The van der Waals surface area contributed by atoms with Crippen molar-refractivity contribution in [3.05, 3.63) is 65.5 Å². The Morgan fingerprint density at radius 3 is 2.50 bits per heavy atom. The van der Waals surface area contributed by atoms with E-state index in [0.717, 1.165) is 57.6 Å². The Bertz CT molecular complexity index is 898. The van der Waals surface area contributed by atoms with E-state index in [-0.39, 0.29) is 23.5 Å². The average molecular weight is 437 g/mol. The summed E-state index contributed by atoms with van der Waals surface area (Å²) in [5.41, 5.74) is 2.34. The van der Waals surface area contributed by atoms with Gasteiger partial charge in [0.15, 0.2) is 0 Å². The SMILES string of the molecule is Cc1cccc(C(=O)NC[C@@]2(c3ccccc3)CC[C@H](O)[C@@H](N3CCN(C)CC3)CC2)n1. The minimum atomic E-state index is -0.335. The Morgan fingerprint density at radius 2 is 1.78 bits per heavy atom. The maximum Gasteiger partial charge on any atom is 0.269 e. The van der Waals surface area contributed by atoms with E-state index in [1.807, 2.05) is 25.1 Å². The summed E-state index contributed by atoms with van der Waals surface area (Å²) in [7, 11) is 2.16. The predicted octanol–water partition coefficient (Wildman–Crippen LogP) is 2.61. The molecular weight excluding hydrogens is 400 g/mol. The largest absolute Gasteiger partial charge is 0.391 e. The average Bonchev–Trinajstić information content (AvgIpc) is 2.98. The van der Waals surface area contributed by atoms with Crippen LogP contribution in [0.1, 0.15) is 47.4 Å². The van der Waals surface area contributed by atoms with Crippen molar-refractivity contribution in [3.8, 4) is 0 Å². The molecule has 1 aliphatic carbocycles. The van der Waals surface area contributed by atoms with E-state index in [1.54, 1.807) is 6.07 Å². The number of carbonyl (C=O) groups excluding carboxylic acids is 1. The topological polar surface area (TPSA) is 68.7 Å². The van der Waals surface area contributed by atoms with Crippen LogP contribution in [0.25, 0.3) is 0 Å². The molecule has 1 amide bonds. The molecule has 2 N–H and O–H groups in total. The fourth-order valence-electron chi connectivity index (χ4n) is 5.31. The second-order valence-electron chi connectivity index (χ2n) is 9.54. The fraction of sp³-hybridized carbons (Fsp3) is 0.538. The minimum absolute atomic E-state index is 0.135. The van der Waals surface area contributed by atoms with Gasteiger partial charge in [-0.3, -0.25) is 9.69 Å². The molecule has 172 valence electrons. The van der Waals surface area contributed by atoms with Crippen molar-refractivity contribution in [1.29, 1.82) is 0 Å². The third kappa shape index (κ3) is 5.20. The number of nitrogens with one attached hydrogen (secondary N) is 1. The number of aliphatic hydroxyl groups excluding tert-OH is 1. The first-order valence-electron chi connectivity index (χ1n) is 11.8. The molecule has 0 unspecified atom stereocenters. The molecule has 6 nitrogen and oxygen atoms in total. The van der Waals surface area contributed by atoms with Crippen LogP contribution in [-0.2, 0) is 5.41 Å². The maximum atomic E-state index is 12.9. The number of piperazine rings is 1. The Balaban J connectivity index is 1.52. The van der Waals surface area contributed by atoms with Crippen LogP contribution in [0, 0.1) is 6.92 Å². The molecule has 2 aromatic rings. The molecule has 0 radical (unpaired) electrons. The summed E-state index contributed by atoms with van der Waals surface area (Å²) in [5, 5.41) is 14.3. The van der Waals surface area contributed by atoms with E-state index in [9.17, 15) is 9.90 Å². The van der Waals surface area contributed by atoms with Gasteiger partial charge in [0.1, 0.15) is 5.69 Å². The summed E-state index contributed by atoms with van der Waals surface area (Å²) < 4.78 is 0. The Hall–Kier alpha value is -2.28. The van der Waals surface area contributed by atoms with Crippen molar-refractivity contribution in [2.24, 2.45) is 0 Å². The number of rotatable bonds is 5. The number of benzene rings is 1. The summed E-state index contributed by atoms with van der Waals surface area (Å²) in [6.45, 7) is 6.55. The zero-order chi connectivity index (χ0) is 22.6. The van der Waals surface area contributed by atoms with Gasteiger partial charge in [-0.05, 0) is 57.4 Å². The molecule has 1 saturated heterocycles. The van der Waals surface area contributed by atoms with E-state index in [4.69, 9.17) is 0 Å². The molecule has 2 aliphatic rings. The highest BCUT2D eigenvalue weighted by molar-refractivity contribution is 5.92. The molecule has 6 heteroatoms. The Labute approximate surface area is 191 Å². The lowest BCUT2D eigenvalue weighted by Gasteiger charge is -2.39. The number of aryl methyl sites for hydroxylation is 1. The zero-order valence-electron chi connectivity index (χ0n) is 19.3. The quantitative estimate of drug-likeness (QED) is 0.706. The van der Waals surface area contributed by atoms with Crippen molar-refractivity contribution in [3.63, 3.8) is 0 Å². The molecular formula is C26H36N4O2. The summed E-state index contributed by atoms with van der Waals surface area (Å²) in [5.74, 6) is -0.135. The smallest absolute Gasteiger partial charge is 0.269 e. The first-order chi connectivity index (χ1) is 15.5. The number of aromatic nitrogens is 1. The van der Waals surface area contributed by atoms with Gasteiger partial charge in [-0.15, -0.1) is 0 Å². The molecule has 0 spiro atoms. The van der Waals surface area contributed by atoms with Gasteiger partial charge < -0.3 is 15.3 Å². The van der Waals surface area contributed by atoms with Crippen molar-refractivity contribution in [2.45, 2.75) is 50.2 Å². The minimum Gasteiger partial charge on any atom is -0.391 e. The molecule has 1 aliphatic heterocycles. The molecule has 32 heavy (non-hydrogen) atoms. The van der Waals surface area contributed by atoms with Crippen molar-refractivity contribution in [2.75, 3.05) is 39.8 Å². The van der Waals surface area contributed by atoms with Crippen LogP contribution in [-0.4, -0.2) is 77.7 Å². The number of nitrogens with zero attached hydrogens (tertiary/aromatic N) is 3. The van der Waals surface area contributed by atoms with Crippen LogP contribution in [0.4, 0.5) is 0 Å². The highest BCUT2D eigenvalue weighted by Gasteiger charge is 2.40. The van der Waals surface area contributed by atoms with E-state index >= 15 is 0 Å². The lowest BCUT2D eigenvalue weighted by atomic mass is 9.74. The second-order valence-corrected chi connectivity index (χ2v) is 9.54. The van der Waals surface area contributed by atoms with Gasteiger partial charge in [-0.25, -0.2) is 4.98 Å². The highest BCUT2D eigenvalue weighted by Crippen LogP contribution is 2.39. The van der Waals surface area contributed by atoms with Gasteiger partial charge >= 0.3 is 0 Å². The van der Waals surface area contributed by atoms with Gasteiger partial charge in [0.05, 0.1) is 6.10 Å². The number of pyridine rings is 1. The van der Waals surface area contributed by atoms with Gasteiger partial charge in [-0.1, -0.05) is 36.4 Å². The van der Waals surface area contributed by atoms with Crippen molar-refractivity contribution < 1.29 is 9.90 Å². The van der Waals surface area contributed by atoms with Gasteiger partial charge in [-0.2, -0.15) is 0 Å². The summed E-state index contributed by atoms with van der Waals surface area (Å²) >= 11 is 0. The van der Waals surface area contributed by atoms with E-state index in [1.165, 1.54) is 5.56 Å². The molecule has 4 rings (SSSR count). The summed E-state index contributed by atoms with van der Waals surface area (Å²) in [4.78, 5) is 22.1.